The molecule has 112 valence electrons. The zero-order chi connectivity index (χ0) is 15.1. The predicted octanol–water partition coefficient (Wildman–Crippen LogP) is 2.07. The van der Waals surface area contributed by atoms with Gasteiger partial charge in [-0.15, -0.1) is 0 Å². The van der Waals surface area contributed by atoms with Gasteiger partial charge in [0.15, 0.2) is 9.84 Å². The fourth-order valence-electron chi connectivity index (χ4n) is 2.84. The second kappa shape index (κ2) is 5.04. The van der Waals surface area contributed by atoms with E-state index < -0.39 is 15.9 Å². The van der Waals surface area contributed by atoms with Crippen molar-refractivity contribution in [2.24, 2.45) is 0 Å². The van der Waals surface area contributed by atoms with Crippen LogP contribution in [-0.4, -0.2) is 32.5 Å². The SMILES string of the molecule is CC(O)CC(C)(C)c1cc(S(C)(=O)=O)cc2c1OCC2. The van der Waals surface area contributed by atoms with Crippen molar-refractivity contribution in [1.29, 1.82) is 0 Å². The average molecular weight is 298 g/mol. The van der Waals surface area contributed by atoms with Gasteiger partial charge in [0.1, 0.15) is 5.75 Å². The van der Waals surface area contributed by atoms with Crippen LogP contribution >= 0.6 is 0 Å². The summed E-state index contributed by atoms with van der Waals surface area (Å²) >= 11 is 0. The molecule has 2 rings (SSSR count). The van der Waals surface area contributed by atoms with Gasteiger partial charge >= 0.3 is 0 Å². The van der Waals surface area contributed by atoms with Gasteiger partial charge in [-0.05, 0) is 36.5 Å². The lowest BCUT2D eigenvalue weighted by atomic mass is 9.79. The zero-order valence-corrected chi connectivity index (χ0v) is 13.3. The smallest absolute Gasteiger partial charge is 0.175 e. The van der Waals surface area contributed by atoms with E-state index in [2.05, 4.69) is 0 Å². The summed E-state index contributed by atoms with van der Waals surface area (Å²) in [6.45, 7) is 6.33. The number of rotatable bonds is 4. The van der Waals surface area contributed by atoms with Crippen molar-refractivity contribution in [3.8, 4) is 5.75 Å². The van der Waals surface area contributed by atoms with Crippen molar-refractivity contribution >= 4 is 9.84 Å². The summed E-state index contributed by atoms with van der Waals surface area (Å²) in [6, 6.07) is 3.40. The van der Waals surface area contributed by atoms with Gasteiger partial charge < -0.3 is 9.84 Å². The average Bonchev–Trinajstić information content (AvgIpc) is 2.71. The summed E-state index contributed by atoms with van der Waals surface area (Å²) in [4.78, 5) is 0.329. The standard InChI is InChI=1S/C15H22O4S/c1-10(16)9-15(2,3)13-8-12(20(4,17)18)7-11-5-6-19-14(11)13/h7-8,10,16H,5-6,9H2,1-4H3. The molecule has 1 aliphatic heterocycles. The Morgan fingerprint density at radius 2 is 2.05 bits per heavy atom. The van der Waals surface area contributed by atoms with Gasteiger partial charge in [-0.1, -0.05) is 13.8 Å². The van der Waals surface area contributed by atoms with E-state index in [0.29, 0.717) is 17.9 Å². The number of hydrogen-bond donors (Lipinski definition) is 1. The van der Waals surface area contributed by atoms with Gasteiger partial charge in [-0.2, -0.15) is 0 Å². The fourth-order valence-corrected chi connectivity index (χ4v) is 3.53. The lowest BCUT2D eigenvalue weighted by Gasteiger charge is -2.29. The predicted molar refractivity (Wildman–Crippen MR) is 78.1 cm³/mol. The second-order valence-corrected chi connectivity index (χ2v) is 8.28. The van der Waals surface area contributed by atoms with E-state index >= 15 is 0 Å². The molecular weight excluding hydrogens is 276 g/mol. The second-order valence-electron chi connectivity index (χ2n) is 6.27. The molecule has 5 heteroatoms. The zero-order valence-electron chi connectivity index (χ0n) is 12.4. The molecule has 0 aliphatic carbocycles. The molecule has 1 atom stereocenters. The quantitative estimate of drug-likeness (QED) is 0.924. The number of aliphatic hydroxyl groups excluding tert-OH is 1. The van der Waals surface area contributed by atoms with Gasteiger partial charge in [0.25, 0.3) is 0 Å². The van der Waals surface area contributed by atoms with Gasteiger partial charge in [0.2, 0.25) is 0 Å². The number of fused-ring (bicyclic) bond motifs is 1. The molecule has 0 amide bonds. The first kappa shape index (κ1) is 15.3. The lowest BCUT2D eigenvalue weighted by Crippen LogP contribution is -2.24. The van der Waals surface area contributed by atoms with E-state index in [4.69, 9.17) is 4.74 Å². The molecule has 0 spiro atoms. The largest absolute Gasteiger partial charge is 0.493 e. The third-order valence-corrected chi connectivity index (χ3v) is 4.81. The highest BCUT2D eigenvalue weighted by atomic mass is 32.2. The van der Waals surface area contributed by atoms with Gasteiger partial charge in [-0.25, -0.2) is 8.42 Å². The maximum atomic E-state index is 11.8. The van der Waals surface area contributed by atoms with Crippen LogP contribution in [0.25, 0.3) is 0 Å². The first-order valence-electron chi connectivity index (χ1n) is 6.79. The van der Waals surface area contributed by atoms with Crippen molar-refractivity contribution in [3.05, 3.63) is 23.3 Å². The van der Waals surface area contributed by atoms with Gasteiger partial charge in [0, 0.05) is 18.2 Å². The topological polar surface area (TPSA) is 63.6 Å². The molecule has 1 aliphatic rings. The molecule has 0 fully saturated rings. The van der Waals surface area contributed by atoms with Crippen LogP contribution in [0.5, 0.6) is 5.75 Å². The molecule has 1 heterocycles. The number of sulfone groups is 1. The normalized spacial score (nSPS) is 16.6. The summed E-state index contributed by atoms with van der Waals surface area (Å²) in [5, 5.41) is 9.67. The van der Waals surface area contributed by atoms with Gasteiger partial charge in [0.05, 0.1) is 17.6 Å². The molecule has 0 saturated carbocycles. The van der Waals surface area contributed by atoms with E-state index in [0.717, 1.165) is 23.3 Å². The number of aliphatic hydroxyl groups is 1. The monoisotopic (exact) mass is 298 g/mol. The molecule has 1 aromatic carbocycles. The molecule has 20 heavy (non-hydrogen) atoms. The van der Waals surface area contributed by atoms with Crippen LogP contribution in [0.4, 0.5) is 0 Å². The van der Waals surface area contributed by atoms with Crippen LogP contribution in [0, 0.1) is 0 Å². The van der Waals surface area contributed by atoms with Crippen LogP contribution in [-0.2, 0) is 21.7 Å². The number of benzene rings is 1. The summed E-state index contributed by atoms with van der Waals surface area (Å²) < 4.78 is 29.4. The van der Waals surface area contributed by atoms with Crippen molar-refractivity contribution < 1.29 is 18.3 Å². The summed E-state index contributed by atoms with van der Waals surface area (Å²) in [7, 11) is -3.25. The fraction of sp³-hybridized carbons (Fsp3) is 0.600. The Kier molecular flexibility index (Phi) is 3.86. The Labute approximate surface area is 120 Å². The van der Waals surface area contributed by atoms with E-state index in [9.17, 15) is 13.5 Å². The molecule has 0 bridgehead atoms. The van der Waals surface area contributed by atoms with Crippen LogP contribution in [0.15, 0.2) is 17.0 Å². The maximum absolute atomic E-state index is 11.8. The molecule has 0 radical (unpaired) electrons. The first-order valence-corrected chi connectivity index (χ1v) is 8.69. The maximum Gasteiger partial charge on any atom is 0.175 e. The Hall–Kier alpha value is -1.07. The molecule has 0 aromatic heterocycles. The molecule has 1 aromatic rings. The van der Waals surface area contributed by atoms with Crippen LogP contribution in [0.1, 0.15) is 38.3 Å². The third-order valence-electron chi connectivity index (χ3n) is 3.72. The summed E-state index contributed by atoms with van der Waals surface area (Å²) in [5.74, 6) is 0.794. The summed E-state index contributed by atoms with van der Waals surface area (Å²) in [5.41, 5.74) is 1.47. The highest BCUT2D eigenvalue weighted by Gasteiger charge is 2.31. The minimum atomic E-state index is -3.25. The Morgan fingerprint density at radius 3 is 2.60 bits per heavy atom. The van der Waals surface area contributed by atoms with Crippen molar-refractivity contribution in [3.63, 3.8) is 0 Å². The molecule has 0 saturated heterocycles. The number of hydrogen-bond acceptors (Lipinski definition) is 4. The van der Waals surface area contributed by atoms with Crippen molar-refractivity contribution in [2.75, 3.05) is 12.9 Å². The molecule has 1 N–H and O–H groups in total. The Bertz CT molecular complexity index is 615. The van der Waals surface area contributed by atoms with Crippen molar-refractivity contribution in [2.45, 2.75) is 50.0 Å². The molecule has 1 unspecified atom stereocenters. The van der Waals surface area contributed by atoms with E-state index in [1.54, 1.807) is 19.1 Å². The third kappa shape index (κ3) is 2.99. The minimum absolute atomic E-state index is 0.329. The van der Waals surface area contributed by atoms with E-state index in [1.165, 1.54) is 6.26 Å². The molecule has 4 nitrogen and oxygen atoms in total. The van der Waals surface area contributed by atoms with Crippen LogP contribution in [0.2, 0.25) is 0 Å². The molecular formula is C15H22O4S. The highest BCUT2D eigenvalue weighted by Crippen LogP contribution is 2.41. The Balaban J connectivity index is 2.60. The van der Waals surface area contributed by atoms with Gasteiger partial charge in [-0.3, -0.25) is 0 Å². The highest BCUT2D eigenvalue weighted by molar-refractivity contribution is 7.90. The lowest BCUT2D eigenvalue weighted by molar-refractivity contribution is 0.155. The Morgan fingerprint density at radius 1 is 1.40 bits per heavy atom. The van der Waals surface area contributed by atoms with Crippen LogP contribution in [0.3, 0.4) is 0 Å². The van der Waals surface area contributed by atoms with E-state index in [-0.39, 0.29) is 5.41 Å². The minimum Gasteiger partial charge on any atom is -0.493 e. The van der Waals surface area contributed by atoms with Crippen LogP contribution < -0.4 is 4.74 Å². The number of ether oxygens (including phenoxy) is 1. The van der Waals surface area contributed by atoms with E-state index in [1.807, 2.05) is 13.8 Å². The first-order chi connectivity index (χ1) is 9.11. The van der Waals surface area contributed by atoms with Crippen molar-refractivity contribution in [1.82, 2.24) is 0 Å². The summed E-state index contributed by atoms with van der Waals surface area (Å²) in [6.07, 6.45) is 2.05.